The minimum Gasteiger partial charge on any atom is -0.452 e. The fourth-order valence-electron chi connectivity index (χ4n) is 3.46. The number of carbonyl (C=O) groups excluding carboxylic acids is 4. The van der Waals surface area contributed by atoms with Gasteiger partial charge >= 0.3 is 5.97 Å². The molecule has 0 bridgehead atoms. The maximum absolute atomic E-state index is 12.8. The molecule has 4 rings (SSSR count). The first kappa shape index (κ1) is 22.4. The predicted octanol–water partition coefficient (Wildman–Crippen LogP) is 4.35. The van der Waals surface area contributed by atoms with Crippen LogP contribution in [0.1, 0.15) is 42.2 Å². The van der Waals surface area contributed by atoms with Crippen LogP contribution in [0.4, 0.5) is 5.69 Å². The van der Waals surface area contributed by atoms with E-state index in [1.54, 1.807) is 18.2 Å². The van der Waals surface area contributed by atoms with Gasteiger partial charge < -0.3 is 10.1 Å². The van der Waals surface area contributed by atoms with Gasteiger partial charge in [0.15, 0.2) is 6.61 Å². The number of anilines is 1. The van der Waals surface area contributed by atoms with E-state index in [9.17, 15) is 19.2 Å². The maximum atomic E-state index is 12.8. The number of nitrogens with zero attached hydrogens (tertiary/aromatic N) is 1. The number of amides is 3. The fourth-order valence-corrected chi connectivity index (χ4v) is 3.71. The van der Waals surface area contributed by atoms with Gasteiger partial charge in [0.1, 0.15) is 0 Å². The minimum atomic E-state index is -0.762. The zero-order valence-corrected chi connectivity index (χ0v) is 19.2. The number of aryl methyl sites for hydroxylation is 1. The average molecular weight is 507 g/mol. The number of nitrogens with one attached hydrogen (secondary N) is 1. The molecule has 8 heteroatoms. The molecule has 33 heavy (non-hydrogen) atoms. The number of imide groups is 1. The summed E-state index contributed by atoms with van der Waals surface area (Å²) in [6.45, 7) is 1.54. The number of hydrogen-bond donors (Lipinski definition) is 1. The lowest BCUT2D eigenvalue weighted by molar-refractivity contribution is -0.119. The van der Waals surface area contributed by atoms with Crippen LogP contribution in [0, 0.1) is 6.92 Å². The molecule has 0 radical (unpaired) electrons. The lowest BCUT2D eigenvalue weighted by Crippen LogP contribution is -2.29. The normalized spacial score (nSPS) is 12.5. The van der Waals surface area contributed by atoms with Crippen molar-refractivity contribution in [3.8, 4) is 0 Å². The molecule has 0 unspecified atom stereocenters. The van der Waals surface area contributed by atoms with Gasteiger partial charge in [-0.3, -0.25) is 19.3 Å². The van der Waals surface area contributed by atoms with Crippen LogP contribution in [0.15, 0.2) is 71.2 Å². The van der Waals surface area contributed by atoms with Gasteiger partial charge in [-0.2, -0.15) is 0 Å². The van der Waals surface area contributed by atoms with Crippen molar-refractivity contribution in [2.75, 3.05) is 11.9 Å². The van der Waals surface area contributed by atoms with Gasteiger partial charge in [-0.15, -0.1) is 0 Å². The molecular weight excluding hydrogens is 488 g/mol. The number of benzene rings is 3. The Bertz CT molecular complexity index is 1270. The van der Waals surface area contributed by atoms with Crippen LogP contribution in [0.25, 0.3) is 0 Å². The van der Waals surface area contributed by atoms with Crippen molar-refractivity contribution in [1.29, 1.82) is 0 Å². The van der Waals surface area contributed by atoms with Crippen LogP contribution < -0.4 is 5.32 Å². The minimum absolute atomic E-state index is 0.0868. The second kappa shape index (κ2) is 9.38. The van der Waals surface area contributed by atoms with Gasteiger partial charge in [-0.05, 0) is 54.4 Å². The third-order valence-corrected chi connectivity index (χ3v) is 6.06. The molecule has 1 aliphatic rings. The number of carbonyl (C=O) groups is 4. The summed E-state index contributed by atoms with van der Waals surface area (Å²) >= 11 is 3.39. The first-order valence-electron chi connectivity index (χ1n) is 10.1. The van der Waals surface area contributed by atoms with Crippen molar-refractivity contribution in [2.45, 2.75) is 13.5 Å². The van der Waals surface area contributed by atoms with Crippen LogP contribution in [0.2, 0.25) is 0 Å². The van der Waals surface area contributed by atoms with Crippen LogP contribution in [-0.4, -0.2) is 35.2 Å². The van der Waals surface area contributed by atoms with Gasteiger partial charge in [0.2, 0.25) is 0 Å². The summed E-state index contributed by atoms with van der Waals surface area (Å²) in [5, 5.41) is 2.66. The molecule has 0 fully saturated rings. The van der Waals surface area contributed by atoms with E-state index in [1.807, 2.05) is 37.3 Å². The van der Waals surface area contributed by atoms with E-state index in [0.717, 1.165) is 20.5 Å². The Morgan fingerprint density at radius 1 is 0.939 bits per heavy atom. The van der Waals surface area contributed by atoms with Gasteiger partial charge in [0.05, 0.1) is 23.2 Å². The predicted molar refractivity (Wildman–Crippen MR) is 125 cm³/mol. The molecular formula is C25H19BrN2O5. The SMILES string of the molecule is Cc1cc(NC(=O)COC(=O)c2ccc3c(c2)C(=O)N(Cc2ccccc2)C3=O)ccc1Br. The number of ether oxygens (including phenoxy) is 1. The third kappa shape index (κ3) is 4.85. The van der Waals surface area contributed by atoms with Crippen LogP contribution >= 0.6 is 15.9 Å². The monoisotopic (exact) mass is 506 g/mol. The van der Waals surface area contributed by atoms with Crippen molar-refractivity contribution < 1.29 is 23.9 Å². The Hall–Kier alpha value is -3.78. The first-order chi connectivity index (χ1) is 15.8. The highest BCUT2D eigenvalue weighted by molar-refractivity contribution is 9.10. The smallest absolute Gasteiger partial charge is 0.338 e. The Kier molecular flexibility index (Phi) is 6.37. The second-order valence-electron chi connectivity index (χ2n) is 7.53. The van der Waals surface area contributed by atoms with Gasteiger partial charge in [-0.1, -0.05) is 46.3 Å². The maximum Gasteiger partial charge on any atom is 0.338 e. The molecule has 3 aromatic rings. The lowest BCUT2D eigenvalue weighted by atomic mass is 10.1. The van der Waals surface area contributed by atoms with Crippen molar-refractivity contribution in [3.63, 3.8) is 0 Å². The lowest BCUT2D eigenvalue weighted by Gasteiger charge is -2.13. The summed E-state index contributed by atoms with van der Waals surface area (Å²) in [5.41, 5.74) is 2.80. The van der Waals surface area contributed by atoms with Gasteiger partial charge in [0.25, 0.3) is 17.7 Å². The molecule has 0 saturated heterocycles. The number of fused-ring (bicyclic) bond motifs is 1. The molecule has 3 aromatic carbocycles. The second-order valence-corrected chi connectivity index (χ2v) is 8.39. The molecule has 1 heterocycles. The molecule has 0 aliphatic carbocycles. The zero-order chi connectivity index (χ0) is 23.5. The van der Waals surface area contributed by atoms with E-state index < -0.39 is 30.3 Å². The summed E-state index contributed by atoms with van der Waals surface area (Å²) < 4.78 is 6.01. The van der Waals surface area contributed by atoms with E-state index in [0.29, 0.717) is 5.69 Å². The van der Waals surface area contributed by atoms with Gasteiger partial charge in [0, 0.05) is 10.2 Å². The van der Waals surface area contributed by atoms with Crippen molar-refractivity contribution in [2.24, 2.45) is 0 Å². The third-order valence-electron chi connectivity index (χ3n) is 5.17. The Morgan fingerprint density at radius 3 is 2.39 bits per heavy atom. The summed E-state index contributed by atoms with van der Waals surface area (Å²) in [6.07, 6.45) is 0. The zero-order valence-electron chi connectivity index (χ0n) is 17.6. The number of hydrogen-bond acceptors (Lipinski definition) is 5. The summed E-state index contributed by atoms with van der Waals surface area (Å²) in [4.78, 5) is 51.2. The van der Waals surface area contributed by atoms with Crippen LogP contribution in [0.3, 0.4) is 0 Å². The summed E-state index contributed by atoms with van der Waals surface area (Å²) in [5.74, 6) is -2.15. The molecule has 0 saturated carbocycles. The van der Waals surface area contributed by atoms with E-state index in [2.05, 4.69) is 21.2 Å². The van der Waals surface area contributed by atoms with Crippen molar-refractivity contribution in [3.05, 3.63) is 99.0 Å². The highest BCUT2D eigenvalue weighted by Gasteiger charge is 2.36. The molecule has 166 valence electrons. The molecule has 3 amide bonds. The van der Waals surface area contributed by atoms with Crippen LogP contribution in [-0.2, 0) is 16.1 Å². The first-order valence-corrected chi connectivity index (χ1v) is 10.9. The Balaban J connectivity index is 1.40. The Morgan fingerprint density at radius 2 is 1.67 bits per heavy atom. The summed E-state index contributed by atoms with van der Waals surface area (Å²) in [6, 6.07) is 18.7. The molecule has 1 N–H and O–H groups in total. The molecule has 0 atom stereocenters. The van der Waals surface area contributed by atoms with E-state index in [-0.39, 0.29) is 23.2 Å². The summed E-state index contributed by atoms with van der Waals surface area (Å²) in [7, 11) is 0. The topological polar surface area (TPSA) is 92.8 Å². The molecule has 7 nitrogen and oxygen atoms in total. The molecule has 1 aliphatic heterocycles. The van der Waals surface area contributed by atoms with Crippen molar-refractivity contribution >= 4 is 45.3 Å². The highest BCUT2D eigenvalue weighted by atomic mass is 79.9. The van der Waals surface area contributed by atoms with Gasteiger partial charge in [-0.25, -0.2) is 4.79 Å². The fraction of sp³-hybridized carbons (Fsp3) is 0.120. The highest BCUT2D eigenvalue weighted by Crippen LogP contribution is 2.26. The largest absolute Gasteiger partial charge is 0.452 e. The standard InChI is InChI=1S/C25H19BrN2O5/c1-15-11-18(8-10-21(15)26)27-22(29)14-33-25(32)17-7-9-19-20(12-17)24(31)28(23(19)30)13-16-5-3-2-4-6-16/h2-12H,13-14H2,1H3,(H,27,29). The van der Waals surface area contributed by atoms with E-state index in [4.69, 9.17) is 4.74 Å². The quantitative estimate of drug-likeness (QED) is 0.396. The Labute approximate surface area is 198 Å². The van der Waals surface area contributed by atoms with E-state index in [1.165, 1.54) is 18.2 Å². The number of rotatable bonds is 6. The molecule has 0 spiro atoms. The average Bonchev–Trinajstić information content (AvgIpc) is 3.05. The van der Waals surface area contributed by atoms with E-state index >= 15 is 0 Å². The number of halogens is 1. The molecule has 0 aromatic heterocycles. The van der Waals surface area contributed by atoms with Crippen molar-refractivity contribution in [1.82, 2.24) is 4.90 Å². The van der Waals surface area contributed by atoms with Crippen LogP contribution in [0.5, 0.6) is 0 Å². The number of esters is 1.